The van der Waals surface area contributed by atoms with Gasteiger partial charge in [-0.05, 0) is 28.8 Å². The van der Waals surface area contributed by atoms with E-state index in [2.05, 4.69) is 26.2 Å². The Morgan fingerprint density at radius 3 is 2.72 bits per heavy atom. The molecule has 6 nitrogen and oxygen atoms in total. The van der Waals surface area contributed by atoms with E-state index in [1.54, 1.807) is 0 Å². The molecule has 1 aromatic heterocycles. The van der Waals surface area contributed by atoms with Gasteiger partial charge in [0.15, 0.2) is 0 Å². The van der Waals surface area contributed by atoms with Gasteiger partial charge in [0, 0.05) is 12.6 Å². The molecule has 2 rings (SSSR count). The maximum absolute atomic E-state index is 10.6. The number of hydrogen-bond acceptors (Lipinski definition) is 5. The molecule has 3 N–H and O–H groups in total. The number of anilines is 1. The summed E-state index contributed by atoms with van der Waals surface area (Å²) in [4.78, 5) is 14.3. The zero-order valence-corrected chi connectivity index (χ0v) is 11.4. The van der Waals surface area contributed by atoms with Gasteiger partial charge >= 0.3 is 0 Å². The molecule has 0 spiro atoms. The van der Waals surface area contributed by atoms with Crippen molar-refractivity contribution >= 4 is 27.4 Å². The summed E-state index contributed by atoms with van der Waals surface area (Å²) in [5, 5.41) is 14.0. The fourth-order valence-corrected chi connectivity index (χ4v) is 2.74. The fourth-order valence-electron chi connectivity index (χ4n) is 2.30. The Hall–Kier alpha value is -1.21. The topological polar surface area (TPSA) is 94.1 Å². The molecule has 0 unspecified atom stereocenters. The van der Waals surface area contributed by atoms with Crippen molar-refractivity contribution < 1.29 is 4.92 Å². The number of nitro groups is 1. The molecule has 0 bridgehead atoms. The van der Waals surface area contributed by atoms with Gasteiger partial charge in [-0.3, -0.25) is 10.1 Å². The van der Waals surface area contributed by atoms with Gasteiger partial charge in [0.1, 0.15) is 12.0 Å². The summed E-state index contributed by atoms with van der Waals surface area (Å²) < 4.78 is 0.594. The lowest BCUT2D eigenvalue weighted by molar-refractivity contribution is -0.385. The van der Waals surface area contributed by atoms with Crippen molar-refractivity contribution in [2.24, 2.45) is 5.73 Å². The van der Waals surface area contributed by atoms with Crippen LogP contribution >= 0.6 is 15.9 Å². The zero-order chi connectivity index (χ0) is 13.2. The molecule has 1 saturated carbocycles. The molecule has 18 heavy (non-hydrogen) atoms. The second-order valence-electron chi connectivity index (χ2n) is 4.60. The first-order valence-electron chi connectivity index (χ1n) is 5.84. The third-order valence-corrected chi connectivity index (χ3v) is 3.98. The molecule has 0 amide bonds. The SMILES string of the molecule is NCC1(Nc2ncc([N+](=O)[O-])cc2Br)CCCC1. The molecule has 0 aliphatic heterocycles. The minimum atomic E-state index is -0.462. The van der Waals surface area contributed by atoms with E-state index in [-0.39, 0.29) is 11.2 Å². The van der Waals surface area contributed by atoms with Crippen LogP contribution in [0.1, 0.15) is 25.7 Å². The number of halogens is 1. The third-order valence-electron chi connectivity index (χ3n) is 3.37. The highest BCUT2D eigenvalue weighted by molar-refractivity contribution is 9.10. The molecule has 1 heterocycles. The van der Waals surface area contributed by atoms with Crippen molar-refractivity contribution in [2.45, 2.75) is 31.2 Å². The molecule has 1 fully saturated rings. The minimum Gasteiger partial charge on any atom is -0.362 e. The first-order valence-corrected chi connectivity index (χ1v) is 6.64. The second kappa shape index (κ2) is 5.19. The Balaban J connectivity index is 2.21. The first kappa shape index (κ1) is 13.2. The van der Waals surface area contributed by atoms with Crippen molar-refractivity contribution in [2.75, 3.05) is 11.9 Å². The highest BCUT2D eigenvalue weighted by Gasteiger charge is 2.33. The lowest BCUT2D eigenvalue weighted by Crippen LogP contribution is -2.43. The van der Waals surface area contributed by atoms with Gasteiger partial charge in [0.2, 0.25) is 0 Å². The van der Waals surface area contributed by atoms with Crippen LogP contribution in [0.4, 0.5) is 11.5 Å². The average Bonchev–Trinajstić information content (AvgIpc) is 2.81. The number of nitrogens with one attached hydrogen (secondary N) is 1. The first-order chi connectivity index (χ1) is 8.56. The van der Waals surface area contributed by atoms with E-state index in [1.807, 2.05) is 0 Å². The number of hydrogen-bond donors (Lipinski definition) is 2. The summed E-state index contributed by atoms with van der Waals surface area (Å²) in [6, 6.07) is 1.45. The fraction of sp³-hybridized carbons (Fsp3) is 0.545. The van der Waals surface area contributed by atoms with E-state index in [0.717, 1.165) is 25.7 Å². The van der Waals surface area contributed by atoms with Crippen LogP contribution in [-0.4, -0.2) is 22.0 Å². The summed E-state index contributed by atoms with van der Waals surface area (Å²) in [6.07, 6.45) is 5.57. The number of nitrogens with zero attached hydrogens (tertiary/aromatic N) is 2. The molecule has 0 atom stereocenters. The van der Waals surface area contributed by atoms with Crippen molar-refractivity contribution in [1.29, 1.82) is 0 Å². The standard InChI is InChI=1S/C11H15BrN4O2/c12-9-5-8(16(17)18)6-14-10(9)15-11(7-13)3-1-2-4-11/h5-6H,1-4,7,13H2,(H,14,15). The predicted molar refractivity (Wildman–Crippen MR) is 72.5 cm³/mol. The van der Waals surface area contributed by atoms with Crippen LogP contribution in [0.3, 0.4) is 0 Å². The molecular weight excluding hydrogens is 300 g/mol. The smallest absolute Gasteiger partial charge is 0.288 e. The Bertz CT molecular complexity index is 460. The average molecular weight is 315 g/mol. The van der Waals surface area contributed by atoms with Crippen LogP contribution < -0.4 is 11.1 Å². The maximum Gasteiger partial charge on any atom is 0.288 e. The second-order valence-corrected chi connectivity index (χ2v) is 5.45. The van der Waals surface area contributed by atoms with E-state index in [9.17, 15) is 10.1 Å². The third kappa shape index (κ3) is 2.62. The maximum atomic E-state index is 10.6. The molecule has 7 heteroatoms. The summed E-state index contributed by atoms with van der Waals surface area (Å²) in [7, 11) is 0. The van der Waals surface area contributed by atoms with E-state index < -0.39 is 4.92 Å². The van der Waals surface area contributed by atoms with Gasteiger partial charge in [-0.25, -0.2) is 4.98 Å². The Morgan fingerprint density at radius 2 is 2.22 bits per heavy atom. The lowest BCUT2D eigenvalue weighted by atomic mass is 9.98. The minimum absolute atomic E-state index is 0.0272. The summed E-state index contributed by atoms with van der Waals surface area (Å²) in [5.74, 6) is 0.618. The van der Waals surface area contributed by atoms with E-state index in [1.165, 1.54) is 12.3 Å². The predicted octanol–water partition coefficient (Wildman–Crippen LogP) is 2.44. The highest BCUT2D eigenvalue weighted by Crippen LogP contribution is 2.34. The lowest BCUT2D eigenvalue weighted by Gasteiger charge is -2.29. The van der Waals surface area contributed by atoms with Crippen molar-refractivity contribution in [3.05, 3.63) is 26.9 Å². The normalized spacial score (nSPS) is 17.7. The molecule has 1 aliphatic carbocycles. The molecular formula is C11H15BrN4O2. The van der Waals surface area contributed by atoms with Gasteiger partial charge in [-0.1, -0.05) is 12.8 Å². The van der Waals surface area contributed by atoms with Crippen LogP contribution in [0.5, 0.6) is 0 Å². The summed E-state index contributed by atoms with van der Waals surface area (Å²) >= 11 is 3.31. The summed E-state index contributed by atoms with van der Waals surface area (Å²) in [6.45, 7) is 0.540. The number of nitrogens with two attached hydrogens (primary N) is 1. The van der Waals surface area contributed by atoms with Crippen molar-refractivity contribution in [3.63, 3.8) is 0 Å². The van der Waals surface area contributed by atoms with E-state index in [0.29, 0.717) is 16.8 Å². The van der Waals surface area contributed by atoms with Gasteiger partial charge in [-0.15, -0.1) is 0 Å². The highest BCUT2D eigenvalue weighted by atomic mass is 79.9. The van der Waals surface area contributed by atoms with Gasteiger partial charge in [-0.2, -0.15) is 0 Å². The molecule has 0 aromatic carbocycles. The Labute approximate surface area is 113 Å². The molecule has 1 aromatic rings. The van der Waals surface area contributed by atoms with Gasteiger partial charge < -0.3 is 11.1 Å². The van der Waals surface area contributed by atoms with Gasteiger partial charge in [0.05, 0.1) is 14.9 Å². The quantitative estimate of drug-likeness (QED) is 0.657. The molecule has 98 valence electrons. The molecule has 0 radical (unpaired) electrons. The number of aromatic nitrogens is 1. The van der Waals surface area contributed by atoms with Crippen LogP contribution in [0.15, 0.2) is 16.7 Å². The monoisotopic (exact) mass is 314 g/mol. The zero-order valence-electron chi connectivity index (χ0n) is 9.86. The van der Waals surface area contributed by atoms with Crippen molar-refractivity contribution in [1.82, 2.24) is 4.98 Å². The van der Waals surface area contributed by atoms with E-state index >= 15 is 0 Å². The van der Waals surface area contributed by atoms with Crippen molar-refractivity contribution in [3.8, 4) is 0 Å². The van der Waals surface area contributed by atoms with Crippen LogP contribution in [-0.2, 0) is 0 Å². The largest absolute Gasteiger partial charge is 0.362 e. The molecule has 0 saturated heterocycles. The van der Waals surface area contributed by atoms with Crippen LogP contribution in [0, 0.1) is 10.1 Å². The Kier molecular flexibility index (Phi) is 3.82. The summed E-state index contributed by atoms with van der Waals surface area (Å²) in [5.41, 5.74) is 5.68. The van der Waals surface area contributed by atoms with Crippen LogP contribution in [0.2, 0.25) is 0 Å². The Morgan fingerprint density at radius 1 is 1.56 bits per heavy atom. The van der Waals surface area contributed by atoms with Crippen LogP contribution in [0.25, 0.3) is 0 Å². The number of pyridine rings is 1. The van der Waals surface area contributed by atoms with E-state index in [4.69, 9.17) is 5.73 Å². The number of rotatable bonds is 4. The molecule has 1 aliphatic rings. The van der Waals surface area contributed by atoms with Gasteiger partial charge in [0.25, 0.3) is 5.69 Å².